The number of nitrogens with one attached hydrogen (secondary N) is 1. The van der Waals surface area contributed by atoms with Crippen molar-refractivity contribution >= 4 is 16.9 Å². The van der Waals surface area contributed by atoms with Crippen LogP contribution < -0.4 is 10.1 Å². The van der Waals surface area contributed by atoms with Crippen molar-refractivity contribution < 1.29 is 9.53 Å². The number of unbranched alkanes of at least 4 members (excludes halogenated alkanes) is 2. The van der Waals surface area contributed by atoms with Gasteiger partial charge in [-0.15, -0.1) is 6.58 Å². The average Bonchev–Trinajstić information content (AvgIpc) is 3.14. The molecule has 0 aliphatic heterocycles. The largest absolute Gasteiger partial charge is 0.491 e. The highest BCUT2D eigenvalue weighted by Gasteiger charge is 2.20. The molecule has 1 aromatic heterocycles. The van der Waals surface area contributed by atoms with Gasteiger partial charge in [-0.05, 0) is 43.0 Å². The minimum atomic E-state index is -0.334. The van der Waals surface area contributed by atoms with Crippen LogP contribution in [0.15, 0.2) is 61.2 Å². The van der Waals surface area contributed by atoms with Crippen molar-refractivity contribution in [1.82, 2.24) is 14.9 Å². The molecule has 0 bridgehead atoms. The third-order valence-corrected chi connectivity index (χ3v) is 5.69. The molecule has 0 aliphatic carbocycles. The Morgan fingerprint density at radius 3 is 2.64 bits per heavy atom. The summed E-state index contributed by atoms with van der Waals surface area (Å²) in [5, 5.41) is 3.03. The number of benzene rings is 2. The van der Waals surface area contributed by atoms with Crippen molar-refractivity contribution in [2.75, 3.05) is 13.2 Å². The van der Waals surface area contributed by atoms with Crippen molar-refractivity contribution in [2.45, 2.75) is 59.4 Å². The third-order valence-electron chi connectivity index (χ3n) is 5.69. The van der Waals surface area contributed by atoms with Crippen molar-refractivity contribution in [1.29, 1.82) is 0 Å². The summed E-state index contributed by atoms with van der Waals surface area (Å²) in [7, 11) is 0. The van der Waals surface area contributed by atoms with Gasteiger partial charge in [-0.25, -0.2) is 4.98 Å². The Hall–Kier alpha value is -3.08. The second-order valence-corrected chi connectivity index (χ2v) is 9.43. The van der Waals surface area contributed by atoms with Crippen LogP contribution in [0.2, 0.25) is 0 Å². The van der Waals surface area contributed by atoms with Crippen LogP contribution in [0.3, 0.4) is 0 Å². The summed E-state index contributed by atoms with van der Waals surface area (Å²) in [4.78, 5) is 16.9. The summed E-state index contributed by atoms with van der Waals surface area (Å²) in [6.45, 7) is 11.7. The maximum absolute atomic E-state index is 12.0. The Labute approximate surface area is 197 Å². The zero-order valence-corrected chi connectivity index (χ0v) is 20.3. The Balaban J connectivity index is 1.56. The molecule has 0 atom stereocenters. The first kappa shape index (κ1) is 24.6. The number of hydrogen-bond acceptors (Lipinski definition) is 3. The number of fused-ring (bicyclic) bond motifs is 1. The minimum absolute atomic E-state index is 0.110. The number of carbonyl (C=O) groups is 1. The van der Waals surface area contributed by atoms with Crippen LogP contribution in [-0.4, -0.2) is 28.6 Å². The van der Waals surface area contributed by atoms with Gasteiger partial charge in [0, 0.05) is 18.4 Å². The molecule has 2 aromatic carbocycles. The number of aryl methyl sites for hydroxylation is 1. The summed E-state index contributed by atoms with van der Waals surface area (Å²) >= 11 is 0. The van der Waals surface area contributed by atoms with Crippen molar-refractivity contribution in [3.8, 4) is 5.75 Å². The van der Waals surface area contributed by atoms with E-state index in [9.17, 15) is 4.79 Å². The standard InChI is InChI=1S/C28H37N3O2/c1-5-13-22-14-8-11-17-25(22)33-21-20-31-24-16-10-9-15-23(24)30-26(31)18-7-6-12-19-29-27(32)28(2,3)4/h5,8-11,14-17H,1,6-7,12-13,18-21H2,2-4H3,(H,29,32). The van der Waals surface area contributed by atoms with Gasteiger partial charge in [-0.2, -0.15) is 0 Å². The number of aromatic nitrogens is 2. The lowest BCUT2D eigenvalue weighted by Gasteiger charge is -2.17. The fraction of sp³-hybridized carbons (Fsp3) is 0.429. The zero-order chi connectivity index (χ0) is 23.7. The highest BCUT2D eigenvalue weighted by Crippen LogP contribution is 2.21. The maximum atomic E-state index is 12.0. The van der Waals surface area contributed by atoms with Crippen LogP contribution in [0.25, 0.3) is 11.0 Å². The summed E-state index contributed by atoms with van der Waals surface area (Å²) in [6.07, 6.45) is 6.68. The van der Waals surface area contributed by atoms with E-state index in [0.29, 0.717) is 6.61 Å². The minimum Gasteiger partial charge on any atom is -0.491 e. The topological polar surface area (TPSA) is 56.1 Å². The molecule has 5 nitrogen and oxygen atoms in total. The monoisotopic (exact) mass is 447 g/mol. The van der Waals surface area contributed by atoms with Crippen molar-refractivity contribution in [2.24, 2.45) is 5.41 Å². The molecule has 1 amide bonds. The van der Waals surface area contributed by atoms with E-state index in [0.717, 1.165) is 73.4 Å². The van der Waals surface area contributed by atoms with Crippen LogP contribution in [0.5, 0.6) is 5.75 Å². The smallest absolute Gasteiger partial charge is 0.225 e. The van der Waals surface area contributed by atoms with Crippen molar-refractivity contribution in [3.63, 3.8) is 0 Å². The number of imidazole rings is 1. The molecule has 1 N–H and O–H groups in total. The number of allylic oxidation sites excluding steroid dienone is 1. The van der Waals surface area contributed by atoms with Crippen LogP contribution in [0, 0.1) is 5.41 Å². The van der Waals surface area contributed by atoms with E-state index in [1.807, 2.05) is 51.1 Å². The fourth-order valence-corrected chi connectivity index (χ4v) is 3.83. The molecule has 33 heavy (non-hydrogen) atoms. The molecule has 5 heteroatoms. The van der Waals surface area contributed by atoms with E-state index in [2.05, 4.69) is 40.7 Å². The SMILES string of the molecule is C=CCc1ccccc1OCCn1c(CCCCCNC(=O)C(C)(C)C)nc2ccccc21. The Morgan fingerprint density at radius 1 is 1.09 bits per heavy atom. The highest BCUT2D eigenvalue weighted by atomic mass is 16.5. The van der Waals surface area contributed by atoms with Crippen LogP contribution in [-0.2, 0) is 24.2 Å². The first-order chi connectivity index (χ1) is 15.9. The van der Waals surface area contributed by atoms with Crippen molar-refractivity contribution in [3.05, 3.63) is 72.6 Å². The molecule has 0 spiro atoms. The predicted molar refractivity (Wildman–Crippen MR) is 136 cm³/mol. The third kappa shape index (κ3) is 6.95. The average molecular weight is 448 g/mol. The lowest BCUT2D eigenvalue weighted by molar-refractivity contribution is -0.128. The Kier molecular flexibility index (Phi) is 8.70. The number of carbonyl (C=O) groups excluding carboxylic acids is 1. The number of ether oxygens (including phenoxy) is 1. The molecule has 0 aliphatic rings. The quantitative estimate of drug-likeness (QED) is 0.285. The van der Waals surface area contributed by atoms with E-state index in [1.165, 1.54) is 0 Å². The van der Waals surface area contributed by atoms with E-state index in [-0.39, 0.29) is 11.3 Å². The lowest BCUT2D eigenvalue weighted by Crippen LogP contribution is -2.35. The molecule has 0 radical (unpaired) electrons. The molecular formula is C28H37N3O2. The van der Waals surface area contributed by atoms with E-state index in [1.54, 1.807) is 0 Å². The normalized spacial score (nSPS) is 11.5. The van der Waals surface area contributed by atoms with E-state index >= 15 is 0 Å². The summed E-state index contributed by atoms with van der Waals surface area (Å²) in [6, 6.07) is 16.4. The lowest BCUT2D eigenvalue weighted by atomic mass is 9.96. The van der Waals surface area contributed by atoms with E-state index < -0.39 is 0 Å². The van der Waals surface area contributed by atoms with Gasteiger partial charge in [-0.3, -0.25) is 4.79 Å². The Bertz CT molecular complexity index is 1060. The van der Waals surface area contributed by atoms with Gasteiger partial charge in [0.05, 0.1) is 17.6 Å². The van der Waals surface area contributed by atoms with E-state index in [4.69, 9.17) is 9.72 Å². The molecule has 3 aromatic rings. The molecule has 0 fully saturated rings. The first-order valence-electron chi connectivity index (χ1n) is 11.9. The van der Waals surface area contributed by atoms with Gasteiger partial charge < -0.3 is 14.6 Å². The Morgan fingerprint density at radius 2 is 1.85 bits per heavy atom. The maximum Gasteiger partial charge on any atom is 0.225 e. The van der Waals surface area contributed by atoms with Gasteiger partial charge in [0.2, 0.25) is 5.91 Å². The van der Waals surface area contributed by atoms with Crippen LogP contribution in [0.1, 0.15) is 51.4 Å². The van der Waals surface area contributed by atoms with Gasteiger partial charge in [-0.1, -0.05) is 63.6 Å². The molecule has 1 heterocycles. The fourth-order valence-electron chi connectivity index (χ4n) is 3.83. The molecule has 0 saturated heterocycles. The highest BCUT2D eigenvalue weighted by molar-refractivity contribution is 5.81. The van der Waals surface area contributed by atoms with Gasteiger partial charge in [0.15, 0.2) is 0 Å². The summed E-state index contributed by atoms with van der Waals surface area (Å²) in [5.74, 6) is 2.12. The molecule has 0 unspecified atom stereocenters. The molecule has 176 valence electrons. The number of rotatable bonds is 12. The second kappa shape index (κ2) is 11.7. The number of nitrogens with zero attached hydrogens (tertiary/aromatic N) is 2. The molecular weight excluding hydrogens is 410 g/mol. The number of amides is 1. The zero-order valence-electron chi connectivity index (χ0n) is 20.3. The summed E-state index contributed by atoms with van der Waals surface area (Å²) in [5.41, 5.74) is 2.99. The van der Waals surface area contributed by atoms with Gasteiger partial charge >= 0.3 is 0 Å². The van der Waals surface area contributed by atoms with Crippen LogP contribution >= 0.6 is 0 Å². The summed E-state index contributed by atoms with van der Waals surface area (Å²) < 4.78 is 8.42. The van der Waals surface area contributed by atoms with Crippen LogP contribution in [0.4, 0.5) is 0 Å². The number of hydrogen-bond donors (Lipinski definition) is 1. The molecule has 3 rings (SSSR count). The first-order valence-corrected chi connectivity index (χ1v) is 11.9. The van der Waals surface area contributed by atoms with Gasteiger partial charge in [0.25, 0.3) is 0 Å². The second-order valence-electron chi connectivity index (χ2n) is 9.43. The van der Waals surface area contributed by atoms with Gasteiger partial charge in [0.1, 0.15) is 18.2 Å². The predicted octanol–water partition coefficient (Wildman–Crippen LogP) is 5.72. The number of para-hydroxylation sites is 3. The molecule has 0 saturated carbocycles.